The van der Waals surface area contributed by atoms with Crippen LogP contribution in [-0.4, -0.2) is 37.6 Å². The van der Waals surface area contributed by atoms with Gasteiger partial charge >= 0.3 is 0 Å². The van der Waals surface area contributed by atoms with E-state index in [0.717, 1.165) is 43.1 Å². The Labute approximate surface area is 144 Å². The lowest BCUT2D eigenvalue weighted by atomic mass is 10.1. The fourth-order valence-electron chi connectivity index (χ4n) is 2.28. The van der Waals surface area contributed by atoms with Gasteiger partial charge in [-0.2, -0.15) is 0 Å². The summed E-state index contributed by atoms with van der Waals surface area (Å²) in [5.41, 5.74) is 2.49. The highest BCUT2D eigenvalue weighted by molar-refractivity contribution is 9.08. The normalized spacial score (nSPS) is 14.7. The van der Waals surface area contributed by atoms with Crippen molar-refractivity contribution < 1.29 is 0 Å². The summed E-state index contributed by atoms with van der Waals surface area (Å²) in [7, 11) is 0. The summed E-state index contributed by atoms with van der Waals surface area (Å²) in [6, 6.07) is 6.17. The van der Waals surface area contributed by atoms with Gasteiger partial charge in [0.05, 0.1) is 0 Å². The zero-order valence-electron chi connectivity index (χ0n) is 14.1. The van der Waals surface area contributed by atoms with E-state index in [4.69, 9.17) is 11.6 Å². The summed E-state index contributed by atoms with van der Waals surface area (Å²) in [6.45, 7) is 15.8. The molecule has 1 aromatic carbocycles. The molecule has 0 N–H and O–H groups in total. The van der Waals surface area contributed by atoms with Gasteiger partial charge in [-0.05, 0) is 18.7 Å². The Hall–Kier alpha value is -0.250. The van der Waals surface area contributed by atoms with Gasteiger partial charge in [-0.25, -0.2) is 0 Å². The van der Waals surface area contributed by atoms with Gasteiger partial charge in [-0.3, -0.25) is 0 Å². The van der Waals surface area contributed by atoms with Crippen LogP contribution in [0.3, 0.4) is 0 Å². The molecule has 0 aliphatic carbocycles. The minimum atomic E-state index is 0.815. The molecule has 0 saturated carbocycles. The van der Waals surface area contributed by atoms with Crippen molar-refractivity contribution in [1.82, 2.24) is 4.90 Å². The van der Waals surface area contributed by atoms with Gasteiger partial charge in [0.15, 0.2) is 0 Å². The third kappa shape index (κ3) is 6.17. The summed E-state index contributed by atoms with van der Waals surface area (Å²) in [4.78, 5) is 4.92. The first-order valence-corrected chi connectivity index (χ1v) is 9.57. The second kappa shape index (κ2) is 12.3. The molecule has 2 rings (SSSR count). The summed E-state index contributed by atoms with van der Waals surface area (Å²) in [5, 5.41) is 1.67. The summed E-state index contributed by atoms with van der Waals surface area (Å²) in [5.74, 6) is 0. The quantitative estimate of drug-likeness (QED) is 0.648. The maximum absolute atomic E-state index is 6.24. The second-order valence-electron chi connectivity index (χ2n) is 4.29. The molecule has 1 saturated heterocycles. The Balaban J connectivity index is 0.000000921. The third-order valence-electron chi connectivity index (χ3n) is 3.39. The molecule has 2 nitrogen and oxygen atoms in total. The van der Waals surface area contributed by atoms with Crippen LogP contribution in [0.5, 0.6) is 0 Å². The van der Waals surface area contributed by atoms with Gasteiger partial charge in [-0.15, -0.1) is 0 Å². The van der Waals surface area contributed by atoms with Gasteiger partial charge in [-0.1, -0.05) is 68.2 Å². The van der Waals surface area contributed by atoms with Gasteiger partial charge in [0.25, 0.3) is 0 Å². The van der Waals surface area contributed by atoms with Gasteiger partial charge in [0.2, 0.25) is 0 Å². The Morgan fingerprint density at radius 3 is 2.10 bits per heavy atom. The van der Waals surface area contributed by atoms with Crippen molar-refractivity contribution in [3.63, 3.8) is 0 Å². The van der Waals surface area contributed by atoms with Crippen molar-refractivity contribution in [3.05, 3.63) is 28.8 Å². The number of likely N-dealkylation sites (N-methyl/N-ethyl adjacent to an activating group) is 1. The number of benzene rings is 1. The van der Waals surface area contributed by atoms with Crippen LogP contribution in [0, 0.1) is 0 Å². The van der Waals surface area contributed by atoms with E-state index in [1.807, 2.05) is 39.8 Å². The van der Waals surface area contributed by atoms with Crippen molar-refractivity contribution in [2.75, 3.05) is 37.6 Å². The molecule has 1 heterocycles. The maximum Gasteiger partial charge on any atom is 0.0467 e. The van der Waals surface area contributed by atoms with Crippen molar-refractivity contribution in [2.24, 2.45) is 0 Å². The number of halogens is 2. The first-order valence-electron chi connectivity index (χ1n) is 8.07. The standard InChI is InChI=1S/C13H18BrClN2.2C2H6/c1-2-16-6-8-17(9-7-16)13-5-3-4-12(15)11(13)10-14;2*1-2/h3-5H,2,6-10H2,1H3;2*1-2H3. The molecule has 122 valence electrons. The highest BCUT2D eigenvalue weighted by Gasteiger charge is 2.18. The number of hydrogen-bond donors (Lipinski definition) is 0. The highest BCUT2D eigenvalue weighted by atomic mass is 79.9. The van der Waals surface area contributed by atoms with E-state index in [2.05, 4.69) is 38.7 Å². The van der Waals surface area contributed by atoms with Gasteiger partial charge in [0, 0.05) is 47.8 Å². The molecule has 4 heteroatoms. The van der Waals surface area contributed by atoms with Crippen LogP contribution in [0.4, 0.5) is 5.69 Å². The van der Waals surface area contributed by atoms with E-state index in [0.29, 0.717) is 0 Å². The number of nitrogens with zero attached hydrogens (tertiary/aromatic N) is 2. The molecular weight excluding hydrogens is 348 g/mol. The first kappa shape index (κ1) is 20.8. The monoisotopic (exact) mass is 376 g/mol. The van der Waals surface area contributed by atoms with Crippen LogP contribution in [0.1, 0.15) is 40.2 Å². The van der Waals surface area contributed by atoms with Crippen LogP contribution in [-0.2, 0) is 5.33 Å². The Kier molecular flexibility index (Phi) is 12.2. The first-order chi connectivity index (χ1) is 10.3. The molecule has 21 heavy (non-hydrogen) atoms. The Morgan fingerprint density at radius 2 is 1.62 bits per heavy atom. The van der Waals surface area contributed by atoms with E-state index in [1.54, 1.807) is 0 Å². The molecule has 1 aliphatic rings. The minimum absolute atomic E-state index is 0.815. The molecule has 1 fully saturated rings. The SMILES string of the molecule is CC.CC.CCN1CCN(c2cccc(Cl)c2CBr)CC1. The van der Waals surface area contributed by atoms with Crippen LogP contribution < -0.4 is 4.90 Å². The minimum Gasteiger partial charge on any atom is -0.369 e. The zero-order chi connectivity index (χ0) is 16.3. The average Bonchev–Trinajstić information content (AvgIpc) is 2.58. The smallest absolute Gasteiger partial charge is 0.0467 e. The van der Waals surface area contributed by atoms with Crippen molar-refractivity contribution >= 4 is 33.2 Å². The van der Waals surface area contributed by atoms with E-state index in [-0.39, 0.29) is 0 Å². The van der Waals surface area contributed by atoms with Crippen LogP contribution in [0.2, 0.25) is 5.02 Å². The molecule has 0 aromatic heterocycles. The van der Waals surface area contributed by atoms with Crippen LogP contribution in [0.15, 0.2) is 18.2 Å². The van der Waals surface area contributed by atoms with Crippen molar-refractivity contribution in [3.8, 4) is 0 Å². The van der Waals surface area contributed by atoms with Gasteiger partial charge < -0.3 is 9.80 Å². The fourth-order valence-corrected chi connectivity index (χ4v) is 3.27. The van der Waals surface area contributed by atoms with E-state index in [1.165, 1.54) is 11.3 Å². The number of piperazine rings is 1. The van der Waals surface area contributed by atoms with Crippen molar-refractivity contribution in [2.45, 2.75) is 39.9 Å². The Morgan fingerprint density at radius 1 is 1.05 bits per heavy atom. The second-order valence-corrected chi connectivity index (χ2v) is 5.26. The third-order valence-corrected chi connectivity index (χ3v) is 4.30. The lowest BCUT2D eigenvalue weighted by molar-refractivity contribution is 0.271. The molecule has 1 aromatic rings. The fraction of sp³-hybridized carbons (Fsp3) is 0.647. The molecule has 0 unspecified atom stereocenters. The number of anilines is 1. The number of alkyl halides is 1. The predicted octanol–water partition coefficient (Wildman–Crippen LogP) is 5.43. The van der Waals surface area contributed by atoms with Crippen LogP contribution in [0.25, 0.3) is 0 Å². The Bertz CT molecular complexity index is 377. The van der Waals surface area contributed by atoms with Crippen molar-refractivity contribution in [1.29, 1.82) is 0 Å². The summed E-state index contributed by atoms with van der Waals surface area (Å²) < 4.78 is 0. The topological polar surface area (TPSA) is 6.48 Å². The molecular formula is C17H30BrClN2. The highest BCUT2D eigenvalue weighted by Crippen LogP contribution is 2.30. The molecule has 0 atom stereocenters. The molecule has 1 aliphatic heterocycles. The lowest BCUT2D eigenvalue weighted by Gasteiger charge is -2.36. The number of hydrogen-bond acceptors (Lipinski definition) is 2. The van der Waals surface area contributed by atoms with E-state index < -0.39 is 0 Å². The molecule has 0 spiro atoms. The van der Waals surface area contributed by atoms with E-state index in [9.17, 15) is 0 Å². The zero-order valence-corrected chi connectivity index (χ0v) is 16.5. The lowest BCUT2D eigenvalue weighted by Crippen LogP contribution is -2.46. The summed E-state index contributed by atoms with van der Waals surface area (Å²) in [6.07, 6.45) is 0. The largest absolute Gasteiger partial charge is 0.369 e. The average molecular weight is 378 g/mol. The predicted molar refractivity (Wildman–Crippen MR) is 101 cm³/mol. The van der Waals surface area contributed by atoms with Gasteiger partial charge in [0.1, 0.15) is 0 Å². The molecule has 0 bridgehead atoms. The maximum atomic E-state index is 6.24. The van der Waals surface area contributed by atoms with E-state index >= 15 is 0 Å². The summed E-state index contributed by atoms with van der Waals surface area (Å²) >= 11 is 9.77. The number of rotatable bonds is 3. The molecule has 0 amide bonds. The van der Waals surface area contributed by atoms with Crippen LogP contribution >= 0.6 is 27.5 Å². The molecule has 0 radical (unpaired) electrons.